The van der Waals surface area contributed by atoms with Crippen LogP contribution in [-0.4, -0.2) is 51.4 Å². The molecule has 0 aliphatic carbocycles. The minimum atomic E-state index is -3.83. The molecule has 12 heteroatoms. The molecule has 1 unspecified atom stereocenters. The Morgan fingerprint density at radius 1 is 1.08 bits per heavy atom. The van der Waals surface area contributed by atoms with Crippen molar-refractivity contribution in [3.05, 3.63) is 70.6 Å². The van der Waals surface area contributed by atoms with Crippen molar-refractivity contribution in [3.63, 3.8) is 0 Å². The molecule has 2 atom stereocenters. The first kappa shape index (κ1) is 29.3. The predicted molar refractivity (Wildman–Crippen MR) is 145 cm³/mol. The molecule has 0 radical (unpaired) electrons. The monoisotopic (exact) mass is 528 g/mol. The molecule has 2 aromatic carbocycles. The molecule has 0 bridgehead atoms. The number of anilines is 1. The maximum atomic E-state index is 12.5. The Labute approximate surface area is 217 Å². The number of hydrogen-bond donors (Lipinski definition) is 5. The molecule has 37 heavy (non-hydrogen) atoms. The molecule has 0 heterocycles. The van der Waals surface area contributed by atoms with E-state index in [1.54, 1.807) is 54.6 Å². The van der Waals surface area contributed by atoms with Crippen LogP contribution >= 0.6 is 0 Å². The van der Waals surface area contributed by atoms with Crippen LogP contribution in [0.5, 0.6) is 0 Å². The summed E-state index contributed by atoms with van der Waals surface area (Å²) in [5.41, 5.74) is 12.2. The largest absolute Gasteiger partial charge is 0.397 e. The summed E-state index contributed by atoms with van der Waals surface area (Å²) >= 11 is 0. The molecule has 2 rings (SSSR count). The van der Waals surface area contributed by atoms with E-state index in [0.29, 0.717) is 29.8 Å². The fourth-order valence-corrected chi connectivity index (χ4v) is 4.53. The number of aliphatic imine (C=N–C) groups is 1. The van der Waals surface area contributed by atoms with Gasteiger partial charge in [0.25, 0.3) is 0 Å². The van der Waals surface area contributed by atoms with Crippen molar-refractivity contribution in [3.8, 4) is 6.07 Å². The average Bonchev–Trinajstić information content (AvgIpc) is 2.83. The number of ketones is 1. The molecule has 1 amide bonds. The summed E-state index contributed by atoms with van der Waals surface area (Å²) in [6.07, 6.45) is 0.115. The summed E-state index contributed by atoms with van der Waals surface area (Å²) < 4.78 is 27.4. The number of nitrogens with two attached hydrogens (primary N) is 2. The van der Waals surface area contributed by atoms with Gasteiger partial charge in [-0.1, -0.05) is 42.5 Å². The zero-order valence-electron chi connectivity index (χ0n) is 21.0. The van der Waals surface area contributed by atoms with E-state index in [4.69, 9.17) is 11.5 Å². The zero-order chi connectivity index (χ0) is 27.3. The normalized spacial score (nSPS) is 12.4. The maximum absolute atomic E-state index is 12.5. The van der Waals surface area contributed by atoms with Gasteiger partial charge in [-0.15, -0.1) is 4.72 Å². The van der Waals surface area contributed by atoms with Gasteiger partial charge in [-0.05, 0) is 42.3 Å². The Morgan fingerprint density at radius 3 is 2.43 bits per heavy atom. The lowest BCUT2D eigenvalue weighted by Crippen LogP contribution is -2.38. The SMILES string of the molecule is CC(=O)C([N+]#Cc1ccccc1NCC(=O)N[C@H](C)CCCN=C(N)N)NS(=O)(=O)Cc1ccccc1. The van der Waals surface area contributed by atoms with Crippen LogP contribution in [0.1, 0.15) is 37.8 Å². The van der Waals surface area contributed by atoms with Crippen LogP contribution < -0.4 is 26.8 Å². The van der Waals surface area contributed by atoms with Gasteiger partial charge < -0.3 is 22.1 Å². The van der Waals surface area contributed by atoms with E-state index >= 15 is 0 Å². The molecule has 0 aromatic heterocycles. The second-order valence-corrected chi connectivity index (χ2v) is 10.2. The number of nitrogens with zero attached hydrogens (tertiary/aromatic N) is 2. The molecular formula is C25H34N7O4S+. The number of sulfonamides is 1. The van der Waals surface area contributed by atoms with Gasteiger partial charge in [0.15, 0.2) is 5.96 Å². The summed E-state index contributed by atoms with van der Waals surface area (Å²) in [4.78, 5) is 32.4. The van der Waals surface area contributed by atoms with Gasteiger partial charge in [-0.3, -0.25) is 14.6 Å². The van der Waals surface area contributed by atoms with Crippen molar-refractivity contribution in [2.45, 2.75) is 44.6 Å². The lowest BCUT2D eigenvalue weighted by Gasteiger charge is -2.14. The minimum Gasteiger partial charge on any atom is -0.375 e. The highest BCUT2D eigenvalue weighted by Gasteiger charge is 2.29. The van der Waals surface area contributed by atoms with Gasteiger partial charge in [0.1, 0.15) is 5.56 Å². The summed E-state index contributed by atoms with van der Waals surface area (Å²) in [5.74, 6) is -0.939. The topological polar surface area (TPSA) is 173 Å². The number of nitrogens with one attached hydrogen (secondary N) is 3. The van der Waals surface area contributed by atoms with E-state index in [0.717, 1.165) is 6.42 Å². The van der Waals surface area contributed by atoms with Crippen LogP contribution in [-0.2, 0) is 25.4 Å². The molecule has 0 aliphatic heterocycles. The molecule has 198 valence electrons. The van der Waals surface area contributed by atoms with Crippen LogP contribution in [0.25, 0.3) is 4.85 Å². The smallest absolute Gasteiger partial charge is 0.375 e. The molecule has 0 spiro atoms. The van der Waals surface area contributed by atoms with Gasteiger partial charge in [-0.25, -0.2) is 8.42 Å². The lowest BCUT2D eigenvalue weighted by atomic mass is 10.2. The third-order valence-electron chi connectivity index (χ3n) is 5.05. The van der Waals surface area contributed by atoms with Crippen molar-refractivity contribution < 1.29 is 18.0 Å². The first-order valence-electron chi connectivity index (χ1n) is 11.7. The van der Waals surface area contributed by atoms with Gasteiger partial charge in [0.05, 0.1) is 18.0 Å². The van der Waals surface area contributed by atoms with Crippen LogP contribution in [0.3, 0.4) is 0 Å². The molecule has 11 nitrogen and oxygen atoms in total. The number of rotatable bonds is 13. The number of para-hydroxylation sites is 1. The second kappa shape index (κ2) is 14.6. The van der Waals surface area contributed by atoms with Gasteiger partial charge in [0.2, 0.25) is 21.7 Å². The Hall–Kier alpha value is -3.95. The maximum Gasteiger partial charge on any atom is 0.397 e. The van der Waals surface area contributed by atoms with Gasteiger partial charge in [-0.2, -0.15) is 0 Å². The van der Waals surface area contributed by atoms with Crippen molar-refractivity contribution in [2.24, 2.45) is 16.5 Å². The van der Waals surface area contributed by atoms with Crippen molar-refractivity contribution in [1.82, 2.24) is 10.0 Å². The number of Topliss-reactive ketones (excluding diaryl/α,β-unsaturated/α-hetero) is 1. The standard InChI is InChI=1S/C25H33N7O4S/c1-18(9-8-14-28-25(26)27)31-23(34)16-29-22-13-7-6-12-21(22)15-30-24(19(2)33)32-37(35,36)17-20-10-4-3-5-11-20/h3-7,10-13,18,24,32H,8-9,14,16-17H2,1-2H3,(H5,26,27,28,31,34)/p+1/t18-,24?/m1/s1. The first-order chi connectivity index (χ1) is 17.6. The van der Waals surface area contributed by atoms with E-state index in [9.17, 15) is 18.0 Å². The number of amides is 1. The van der Waals surface area contributed by atoms with E-state index in [-0.39, 0.29) is 30.2 Å². The summed E-state index contributed by atoms with van der Waals surface area (Å²) in [6.45, 7) is 3.63. The first-order valence-corrected chi connectivity index (χ1v) is 13.4. The molecule has 7 N–H and O–H groups in total. The van der Waals surface area contributed by atoms with Crippen LogP contribution in [0.4, 0.5) is 5.69 Å². The summed E-state index contributed by atoms with van der Waals surface area (Å²) in [5, 5.41) is 5.91. The second-order valence-electron chi connectivity index (χ2n) is 8.43. The van der Waals surface area contributed by atoms with Crippen molar-refractivity contribution in [1.29, 1.82) is 0 Å². The highest BCUT2D eigenvalue weighted by Crippen LogP contribution is 2.14. The van der Waals surface area contributed by atoms with Gasteiger partial charge in [0, 0.05) is 19.5 Å². The summed E-state index contributed by atoms with van der Waals surface area (Å²) in [7, 11) is -3.83. The van der Waals surface area contributed by atoms with Crippen molar-refractivity contribution >= 4 is 33.4 Å². The fraction of sp³-hybridized carbons (Fsp3) is 0.360. The number of benzene rings is 2. The number of hydrogen-bond acceptors (Lipinski definition) is 6. The Balaban J connectivity index is 1.99. The minimum absolute atomic E-state index is 0.00320. The predicted octanol–water partition coefficient (Wildman–Crippen LogP) is 1.37. The molecule has 0 aliphatic rings. The Bertz CT molecular complexity index is 1250. The quantitative estimate of drug-likeness (QED) is 0.148. The van der Waals surface area contributed by atoms with Crippen molar-refractivity contribution in [2.75, 3.05) is 18.4 Å². The number of carbonyl (C=O) groups is 2. The van der Waals surface area contributed by atoms with E-state index in [1.807, 2.05) is 6.92 Å². The molecule has 2 aromatic rings. The number of guanidine groups is 1. The van der Waals surface area contributed by atoms with E-state index in [2.05, 4.69) is 31.3 Å². The average molecular weight is 529 g/mol. The zero-order valence-corrected chi connectivity index (χ0v) is 21.8. The van der Waals surface area contributed by atoms with E-state index in [1.165, 1.54) is 6.92 Å². The Morgan fingerprint density at radius 2 is 1.76 bits per heavy atom. The number of carbonyl (C=O) groups excluding carboxylic acids is 2. The highest BCUT2D eigenvalue weighted by atomic mass is 32.2. The lowest BCUT2D eigenvalue weighted by molar-refractivity contribution is -0.120. The van der Waals surface area contributed by atoms with Crippen LogP contribution in [0.15, 0.2) is 59.6 Å². The molecule has 0 saturated heterocycles. The molecular weight excluding hydrogens is 494 g/mol. The third-order valence-corrected chi connectivity index (χ3v) is 6.35. The van der Waals surface area contributed by atoms with Gasteiger partial charge >= 0.3 is 12.2 Å². The fourth-order valence-electron chi connectivity index (χ4n) is 3.25. The highest BCUT2D eigenvalue weighted by molar-refractivity contribution is 7.88. The molecule has 0 saturated carbocycles. The Kier molecular flexibility index (Phi) is 11.5. The van der Waals surface area contributed by atoms with Crippen LogP contribution in [0, 0.1) is 6.07 Å². The van der Waals surface area contributed by atoms with E-state index < -0.39 is 22.0 Å². The third kappa shape index (κ3) is 11.6. The molecule has 0 fully saturated rings. The van der Waals surface area contributed by atoms with Crippen LogP contribution in [0.2, 0.25) is 0 Å². The summed E-state index contributed by atoms with van der Waals surface area (Å²) in [6, 6.07) is 18.2.